The van der Waals surface area contributed by atoms with E-state index in [0.717, 1.165) is 12.2 Å². The molecule has 1 heteroatoms. The summed E-state index contributed by atoms with van der Waals surface area (Å²) in [7, 11) is 0. The first-order valence-electron chi connectivity index (χ1n) is 5.33. The van der Waals surface area contributed by atoms with E-state index in [0.29, 0.717) is 0 Å². The molecule has 1 nitrogen and oxygen atoms in total. The van der Waals surface area contributed by atoms with Crippen LogP contribution in [0.1, 0.15) is 31.6 Å². The van der Waals surface area contributed by atoms with E-state index in [2.05, 4.69) is 38.2 Å². The molecule has 2 aliphatic carbocycles. The maximum absolute atomic E-state index is 5.46. The van der Waals surface area contributed by atoms with Crippen LogP contribution in [0.15, 0.2) is 40.0 Å². The zero-order valence-corrected chi connectivity index (χ0v) is 9.08. The molecule has 0 saturated carbocycles. The molecule has 0 fully saturated rings. The molecule has 0 aromatic carbocycles. The molecule has 0 saturated heterocycles. The Morgan fingerprint density at radius 2 is 2.13 bits per heavy atom. The number of rotatable bonds is 0. The third kappa shape index (κ3) is 1.30. The summed E-state index contributed by atoms with van der Waals surface area (Å²) in [4.78, 5) is 0. The number of hydrogen-bond acceptors (Lipinski definition) is 1. The second-order valence-corrected chi connectivity index (χ2v) is 4.86. The second-order valence-electron chi connectivity index (χ2n) is 4.86. The highest BCUT2D eigenvalue weighted by molar-refractivity contribution is 5.71. The van der Waals surface area contributed by atoms with E-state index in [1.165, 1.54) is 16.7 Å². The van der Waals surface area contributed by atoms with Crippen LogP contribution in [0.4, 0.5) is 0 Å². The van der Waals surface area contributed by atoms with Gasteiger partial charge in [0.25, 0.3) is 0 Å². The third-order valence-corrected chi connectivity index (χ3v) is 3.31. The molecule has 2 aliphatic rings. The van der Waals surface area contributed by atoms with Crippen LogP contribution in [0, 0.1) is 5.41 Å². The van der Waals surface area contributed by atoms with Crippen LogP contribution in [0.25, 0.3) is 12.2 Å². The Morgan fingerprint density at radius 3 is 3.00 bits per heavy atom. The Kier molecular flexibility index (Phi) is 1.61. The summed E-state index contributed by atoms with van der Waals surface area (Å²) < 4.78 is 5.46. The maximum atomic E-state index is 5.46. The lowest BCUT2D eigenvalue weighted by Gasteiger charge is -2.28. The van der Waals surface area contributed by atoms with E-state index in [-0.39, 0.29) is 5.41 Å². The van der Waals surface area contributed by atoms with Gasteiger partial charge in [0, 0.05) is 11.0 Å². The number of allylic oxidation sites excluding steroid dienone is 4. The van der Waals surface area contributed by atoms with Crippen molar-refractivity contribution in [3.05, 3.63) is 47.0 Å². The molecule has 0 aliphatic heterocycles. The minimum Gasteiger partial charge on any atom is -0.464 e. The van der Waals surface area contributed by atoms with Gasteiger partial charge >= 0.3 is 0 Å². The van der Waals surface area contributed by atoms with Gasteiger partial charge in [-0.15, -0.1) is 0 Å². The molecule has 1 aromatic heterocycles. The minimum absolute atomic E-state index is 0.177. The van der Waals surface area contributed by atoms with Crippen LogP contribution in [0.3, 0.4) is 0 Å². The Hall–Kier alpha value is -1.50. The van der Waals surface area contributed by atoms with Crippen molar-refractivity contribution in [2.75, 3.05) is 0 Å². The number of fused-ring (bicyclic) bond motifs is 3. The summed E-state index contributed by atoms with van der Waals surface area (Å²) in [6, 6.07) is 2.04. The van der Waals surface area contributed by atoms with Crippen LogP contribution in [-0.2, 0) is 0 Å². The van der Waals surface area contributed by atoms with Gasteiger partial charge in [-0.05, 0) is 24.1 Å². The van der Waals surface area contributed by atoms with Crippen LogP contribution in [0.2, 0.25) is 0 Å². The molecule has 0 amide bonds. The SMILES string of the molecule is CC1(C)C=CC2=Cc3occc3C=C1C2. The Labute approximate surface area is 89.8 Å². The van der Waals surface area contributed by atoms with Gasteiger partial charge in [-0.2, -0.15) is 0 Å². The lowest BCUT2D eigenvalue weighted by Crippen LogP contribution is -2.14. The summed E-state index contributed by atoms with van der Waals surface area (Å²) in [5, 5.41) is 0. The lowest BCUT2D eigenvalue weighted by atomic mass is 9.76. The Bertz CT molecular complexity index is 495. The zero-order chi connectivity index (χ0) is 10.5. The average Bonchev–Trinajstić information content (AvgIpc) is 2.53. The molecule has 0 spiro atoms. The van der Waals surface area contributed by atoms with E-state index in [1.807, 2.05) is 6.07 Å². The first-order valence-corrected chi connectivity index (χ1v) is 5.33. The van der Waals surface area contributed by atoms with E-state index >= 15 is 0 Å². The predicted octanol–water partition coefficient (Wildman–Crippen LogP) is 4.05. The molecular formula is C14H14O. The number of hydrogen-bond donors (Lipinski definition) is 0. The van der Waals surface area contributed by atoms with Gasteiger partial charge in [0.1, 0.15) is 5.76 Å². The number of furan rings is 1. The highest BCUT2D eigenvalue weighted by Gasteiger charge is 2.26. The molecule has 1 heterocycles. The van der Waals surface area contributed by atoms with Crippen molar-refractivity contribution in [2.24, 2.45) is 5.41 Å². The summed E-state index contributed by atoms with van der Waals surface area (Å²) >= 11 is 0. The monoisotopic (exact) mass is 198 g/mol. The molecule has 2 bridgehead atoms. The van der Waals surface area contributed by atoms with Crippen molar-refractivity contribution in [1.82, 2.24) is 0 Å². The first kappa shape index (κ1) is 8.78. The molecule has 0 atom stereocenters. The summed E-state index contributed by atoms with van der Waals surface area (Å²) in [6.07, 6.45) is 11.7. The van der Waals surface area contributed by atoms with Gasteiger partial charge < -0.3 is 4.42 Å². The summed E-state index contributed by atoms with van der Waals surface area (Å²) in [6.45, 7) is 4.52. The summed E-state index contributed by atoms with van der Waals surface area (Å²) in [5.74, 6) is 0.988. The molecule has 76 valence electrons. The fourth-order valence-corrected chi connectivity index (χ4v) is 2.19. The molecule has 0 unspecified atom stereocenters. The molecule has 0 radical (unpaired) electrons. The zero-order valence-electron chi connectivity index (χ0n) is 9.08. The quantitative estimate of drug-likeness (QED) is 0.613. The highest BCUT2D eigenvalue weighted by Crippen LogP contribution is 2.41. The van der Waals surface area contributed by atoms with Crippen LogP contribution in [0.5, 0.6) is 0 Å². The largest absolute Gasteiger partial charge is 0.464 e. The smallest absolute Gasteiger partial charge is 0.134 e. The first-order chi connectivity index (χ1) is 7.15. The van der Waals surface area contributed by atoms with Gasteiger partial charge in [0.15, 0.2) is 0 Å². The van der Waals surface area contributed by atoms with Crippen LogP contribution in [-0.4, -0.2) is 0 Å². The van der Waals surface area contributed by atoms with Crippen molar-refractivity contribution in [1.29, 1.82) is 0 Å². The standard InChI is InChI=1S/C14H14O/c1-14(2)5-3-10-7-12(14)9-11-4-6-15-13(11)8-10/h3-6,8-9H,7H2,1-2H3. The van der Waals surface area contributed by atoms with Crippen LogP contribution < -0.4 is 0 Å². The van der Waals surface area contributed by atoms with Crippen molar-refractivity contribution in [3.63, 3.8) is 0 Å². The predicted molar refractivity (Wildman–Crippen MR) is 62.2 cm³/mol. The lowest BCUT2D eigenvalue weighted by molar-refractivity contribution is 0.555. The minimum atomic E-state index is 0.177. The van der Waals surface area contributed by atoms with Crippen LogP contribution >= 0.6 is 0 Å². The Morgan fingerprint density at radius 1 is 1.27 bits per heavy atom. The molecule has 1 aromatic rings. The van der Waals surface area contributed by atoms with Crippen molar-refractivity contribution >= 4 is 12.2 Å². The van der Waals surface area contributed by atoms with Crippen molar-refractivity contribution in [2.45, 2.75) is 20.3 Å². The van der Waals surface area contributed by atoms with Gasteiger partial charge in [0.2, 0.25) is 0 Å². The third-order valence-electron chi connectivity index (χ3n) is 3.31. The van der Waals surface area contributed by atoms with E-state index in [9.17, 15) is 0 Å². The normalized spacial score (nSPS) is 21.5. The van der Waals surface area contributed by atoms with Crippen molar-refractivity contribution in [3.8, 4) is 0 Å². The summed E-state index contributed by atoms with van der Waals surface area (Å²) in [5.41, 5.74) is 4.19. The molecule has 0 N–H and O–H groups in total. The molecule has 3 rings (SSSR count). The van der Waals surface area contributed by atoms with E-state index in [1.54, 1.807) is 6.26 Å². The van der Waals surface area contributed by atoms with Gasteiger partial charge in [-0.3, -0.25) is 0 Å². The Balaban J connectivity index is 2.26. The second kappa shape index (κ2) is 2.75. The van der Waals surface area contributed by atoms with Gasteiger partial charge in [0.05, 0.1) is 6.26 Å². The average molecular weight is 198 g/mol. The maximum Gasteiger partial charge on any atom is 0.134 e. The highest BCUT2D eigenvalue weighted by atomic mass is 16.3. The molecular weight excluding hydrogens is 184 g/mol. The van der Waals surface area contributed by atoms with Gasteiger partial charge in [-0.25, -0.2) is 0 Å². The van der Waals surface area contributed by atoms with Crippen molar-refractivity contribution < 1.29 is 4.42 Å². The fraction of sp³-hybridized carbons (Fsp3) is 0.286. The molecule has 15 heavy (non-hydrogen) atoms. The van der Waals surface area contributed by atoms with E-state index < -0.39 is 0 Å². The van der Waals surface area contributed by atoms with E-state index in [4.69, 9.17) is 4.42 Å². The topological polar surface area (TPSA) is 13.1 Å². The fourth-order valence-electron chi connectivity index (χ4n) is 2.19. The van der Waals surface area contributed by atoms with Gasteiger partial charge in [-0.1, -0.05) is 37.6 Å².